The summed E-state index contributed by atoms with van der Waals surface area (Å²) in [6.07, 6.45) is 3.52. The maximum absolute atomic E-state index is 12.1. The number of phenols is 1. The lowest BCUT2D eigenvalue weighted by Gasteiger charge is -2.29. The highest BCUT2D eigenvalue weighted by molar-refractivity contribution is 5.94. The van der Waals surface area contributed by atoms with Gasteiger partial charge in [-0.05, 0) is 50.9 Å². The Kier molecular flexibility index (Phi) is 4.43. The first kappa shape index (κ1) is 13.9. The summed E-state index contributed by atoms with van der Waals surface area (Å²) in [5, 5.41) is 16.1. The monoisotopic (exact) mass is 262 g/mol. The minimum Gasteiger partial charge on any atom is -0.508 e. The van der Waals surface area contributed by atoms with Crippen molar-refractivity contribution in [1.29, 1.82) is 0 Å². The Hall–Kier alpha value is -1.55. The Morgan fingerprint density at radius 1 is 1.47 bits per heavy atom. The molecule has 1 aliphatic heterocycles. The van der Waals surface area contributed by atoms with E-state index < -0.39 is 0 Å². The molecule has 2 rings (SSSR count). The molecule has 104 valence electrons. The SMILES string of the molecule is Cc1ccc(C(=O)NC(C)C2CCCCN2)cc1O. The van der Waals surface area contributed by atoms with Crippen molar-refractivity contribution in [2.75, 3.05) is 6.54 Å². The third-order valence-electron chi connectivity index (χ3n) is 3.78. The minimum absolute atomic E-state index is 0.0937. The number of aromatic hydroxyl groups is 1. The number of amides is 1. The molecule has 1 heterocycles. The van der Waals surface area contributed by atoms with Crippen LogP contribution in [0.5, 0.6) is 5.75 Å². The first-order valence-corrected chi connectivity index (χ1v) is 6.92. The van der Waals surface area contributed by atoms with Gasteiger partial charge in [-0.25, -0.2) is 0 Å². The number of piperidine rings is 1. The van der Waals surface area contributed by atoms with E-state index in [-0.39, 0.29) is 17.7 Å². The zero-order chi connectivity index (χ0) is 13.8. The first-order valence-electron chi connectivity index (χ1n) is 6.92. The summed E-state index contributed by atoms with van der Waals surface area (Å²) in [7, 11) is 0. The third-order valence-corrected chi connectivity index (χ3v) is 3.78. The molecule has 2 atom stereocenters. The van der Waals surface area contributed by atoms with Crippen LogP contribution >= 0.6 is 0 Å². The molecule has 4 nitrogen and oxygen atoms in total. The molecule has 0 saturated carbocycles. The molecule has 2 unspecified atom stereocenters. The maximum atomic E-state index is 12.1. The zero-order valence-electron chi connectivity index (χ0n) is 11.6. The van der Waals surface area contributed by atoms with Gasteiger partial charge in [0.1, 0.15) is 5.75 Å². The number of rotatable bonds is 3. The van der Waals surface area contributed by atoms with E-state index in [1.807, 2.05) is 13.8 Å². The number of carbonyl (C=O) groups excluding carboxylic acids is 1. The van der Waals surface area contributed by atoms with Gasteiger partial charge in [0.2, 0.25) is 0 Å². The molecule has 19 heavy (non-hydrogen) atoms. The summed E-state index contributed by atoms with van der Waals surface area (Å²) in [6, 6.07) is 5.46. The van der Waals surface area contributed by atoms with E-state index in [2.05, 4.69) is 10.6 Å². The molecule has 0 radical (unpaired) electrons. The minimum atomic E-state index is -0.129. The third kappa shape index (κ3) is 3.47. The van der Waals surface area contributed by atoms with Crippen LogP contribution in [0.4, 0.5) is 0 Å². The maximum Gasteiger partial charge on any atom is 0.251 e. The molecule has 0 bridgehead atoms. The van der Waals surface area contributed by atoms with Gasteiger partial charge in [0.25, 0.3) is 5.91 Å². The van der Waals surface area contributed by atoms with Gasteiger partial charge in [-0.15, -0.1) is 0 Å². The predicted octanol–water partition coefficient (Wildman–Crippen LogP) is 1.96. The van der Waals surface area contributed by atoms with Crippen LogP contribution in [0.25, 0.3) is 0 Å². The van der Waals surface area contributed by atoms with Crippen molar-refractivity contribution in [2.45, 2.75) is 45.2 Å². The van der Waals surface area contributed by atoms with Gasteiger partial charge < -0.3 is 15.7 Å². The van der Waals surface area contributed by atoms with Crippen molar-refractivity contribution in [1.82, 2.24) is 10.6 Å². The van der Waals surface area contributed by atoms with E-state index in [9.17, 15) is 9.90 Å². The number of carbonyl (C=O) groups is 1. The Balaban J connectivity index is 1.97. The lowest BCUT2D eigenvalue weighted by molar-refractivity contribution is 0.0927. The molecule has 1 amide bonds. The number of phenolic OH excluding ortho intramolecular Hbond substituents is 1. The average molecular weight is 262 g/mol. The molecule has 0 spiro atoms. The smallest absolute Gasteiger partial charge is 0.251 e. The molecule has 0 aromatic heterocycles. The van der Waals surface area contributed by atoms with Gasteiger partial charge in [-0.1, -0.05) is 12.5 Å². The normalized spacial score (nSPS) is 20.8. The molecule has 3 N–H and O–H groups in total. The van der Waals surface area contributed by atoms with Crippen molar-refractivity contribution in [3.8, 4) is 5.75 Å². The van der Waals surface area contributed by atoms with Crippen LogP contribution < -0.4 is 10.6 Å². The standard InChI is InChI=1S/C15H22N2O2/c1-10-6-7-12(9-14(10)18)15(19)17-11(2)13-5-3-4-8-16-13/h6-7,9,11,13,16,18H,3-5,8H2,1-2H3,(H,17,19). The molecule has 0 aliphatic carbocycles. The lowest BCUT2D eigenvalue weighted by Crippen LogP contribution is -2.50. The van der Waals surface area contributed by atoms with E-state index in [0.717, 1.165) is 18.5 Å². The van der Waals surface area contributed by atoms with E-state index in [4.69, 9.17) is 0 Å². The molecule has 4 heteroatoms. The second-order valence-electron chi connectivity index (χ2n) is 5.32. The molecule has 1 fully saturated rings. The number of hydrogen-bond donors (Lipinski definition) is 3. The average Bonchev–Trinajstić information content (AvgIpc) is 2.42. The number of aryl methyl sites for hydroxylation is 1. The second kappa shape index (κ2) is 6.06. The van der Waals surface area contributed by atoms with Crippen molar-refractivity contribution in [3.63, 3.8) is 0 Å². The fourth-order valence-corrected chi connectivity index (χ4v) is 2.45. The molecule has 1 saturated heterocycles. The zero-order valence-corrected chi connectivity index (χ0v) is 11.6. The number of benzene rings is 1. The highest BCUT2D eigenvalue weighted by Gasteiger charge is 2.21. The van der Waals surface area contributed by atoms with Crippen molar-refractivity contribution in [2.24, 2.45) is 0 Å². The van der Waals surface area contributed by atoms with Gasteiger partial charge in [-0.3, -0.25) is 4.79 Å². The first-order chi connectivity index (χ1) is 9.08. The fourth-order valence-electron chi connectivity index (χ4n) is 2.45. The van der Waals surface area contributed by atoms with Crippen LogP contribution in [0, 0.1) is 6.92 Å². The Bertz CT molecular complexity index is 453. The Labute approximate surface area is 114 Å². The topological polar surface area (TPSA) is 61.4 Å². The van der Waals surface area contributed by atoms with E-state index in [1.54, 1.807) is 12.1 Å². The van der Waals surface area contributed by atoms with Gasteiger partial charge in [-0.2, -0.15) is 0 Å². The van der Waals surface area contributed by atoms with E-state index >= 15 is 0 Å². The summed E-state index contributed by atoms with van der Waals surface area (Å²) in [6.45, 7) is 4.86. The molecular formula is C15H22N2O2. The van der Waals surface area contributed by atoms with E-state index in [0.29, 0.717) is 11.6 Å². The van der Waals surface area contributed by atoms with Crippen LogP contribution in [0.1, 0.15) is 42.1 Å². The van der Waals surface area contributed by atoms with Crippen molar-refractivity contribution in [3.05, 3.63) is 29.3 Å². The van der Waals surface area contributed by atoms with Crippen LogP contribution in [0.15, 0.2) is 18.2 Å². The molecule has 1 aromatic carbocycles. The quantitative estimate of drug-likeness (QED) is 0.780. The predicted molar refractivity (Wildman–Crippen MR) is 75.4 cm³/mol. The largest absolute Gasteiger partial charge is 0.508 e. The Morgan fingerprint density at radius 3 is 2.89 bits per heavy atom. The van der Waals surface area contributed by atoms with Crippen LogP contribution in [-0.2, 0) is 0 Å². The van der Waals surface area contributed by atoms with Gasteiger partial charge in [0.15, 0.2) is 0 Å². The highest BCUT2D eigenvalue weighted by atomic mass is 16.3. The molecule has 1 aliphatic rings. The lowest BCUT2D eigenvalue weighted by atomic mass is 9.99. The van der Waals surface area contributed by atoms with Gasteiger partial charge in [0.05, 0.1) is 0 Å². The second-order valence-corrected chi connectivity index (χ2v) is 5.32. The summed E-state index contributed by atoms with van der Waals surface area (Å²) in [5.74, 6) is 0.0336. The van der Waals surface area contributed by atoms with Crippen LogP contribution in [0.3, 0.4) is 0 Å². The number of hydrogen-bond acceptors (Lipinski definition) is 3. The van der Waals surface area contributed by atoms with Crippen LogP contribution in [-0.4, -0.2) is 29.6 Å². The molecular weight excluding hydrogens is 240 g/mol. The summed E-state index contributed by atoms with van der Waals surface area (Å²) in [4.78, 5) is 12.1. The highest BCUT2D eigenvalue weighted by Crippen LogP contribution is 2.18. The summed E-state index contributed by atoms with van der Waals surface area (Å²) in [5.41, 5.74) is 1.28. The molecule has 1 aromatic rings. The Morgan fingerprint density at radius 2 is 2.26 bits per heavy atom. The van der Waals surface area contributed by atoms with Gasteiger partial charge >= 0.3 is 0 Å². The van der Waals surface area contributed by atoms with Crippen molar-refractivity contribution < 1.29 is 9.90 Å². The fraction of sp³-hybridized carbons (Fsp3) is 0.533. The summed E-state index contributed by atoms with van der Waals surface area (Å²) >= 11 is 0. The summed E-state index contributed by atoms with van der Waals surface area (Å²) < 4.78 is 0. The van der Waals surface area contributed by atoms with Crippen LogP contribution in [0.2, 0.25) is 0 Å². The van der Waals surface area contributed by atoms with Crippen molar-refractivity contribution >= 4 is 5.91 Å². The number of nitrogens with one attached hydrogen (secondary N) is 2. The van der Waals surface area contributed by atoms with E-state index in [1.165, 1.54) is 18.9 Å². The van der Waals surface area contributed by atoms with Gasteiger partial charge in [0, 0.05) is 17.6 Å².